The van der Waals surface area contributed by atoms with Crippen LogP contribution in [-0.2, 0) is 12.8 Å². The number of nitrogens with one attached hydrogen (secondary N) is 1. The van der Waals surface area contributed by atoms with Gasteiger partial charge in [-0.15, -0.1) is 0 Å². The number of rotatable bonds is 0. The van der Waals surface area contributed by atoms with E-state index in [2.05, 4.69) is 67.4 Å². The maximum atomic E-state index is 3.68. The Bertz CT molecular complexity index is 1080. The second kappa shape index (κ2) is 4.48. The monoisotopic (exact) mass is 297 g/mol. The number of aromatic amines is 1. The Labute approximate surface area is 136 Å². The van der Waals surface area contributed by atoms with Crippen LogP contribution in [0, 0.1) is 13.8 Å². The van der Waals surface area contributed by atoms with Crippen molar-refractivity contribution in [1.29, 1.82) is 0 Å². The van der Waals surface area contributed by atoms with Crippen molar-refractivity contribution >= 4 is 21.7 Å². The minimum absolute atomic E-state index is 1.12. The first-order valence-electron chi connectivity index (χ1n) is 8.35. The molecule has 3 aromatic carbocycles. The summed E-state index contributed by atoms with van der Waals surface area (Å²) >= 11 is 0. The largest absolute Gasteiger partial charge is 0.354 e. The van der Waals surface area contributed by atoms with Gasteiger partial charge >= 0.3 is 0 Å². The molecule has 0 saturated heterocycles. The summed E-state index contributed by atoms with van der Waals surface area (Å²) in [5.74, 6) is 0. The Kier molecular flexibility index (Phi) is 2.52. The molecule has 0 fully saturated rings. The molecule has 23 heavy (non-hydrogen) atoms. The Balaban J connectivity index is 1.89. The molecule has 1 N–H and O–H groups in total. The van der Waals surface area contributed by atoms with Gasteiger partial charge in [0.2, 0.25) is 0 Å². The maximum Gasteiger partial charge on any atom is 0.0500 e. The molecule has 5 rings (SSSR count). The fourth-order valence-electron chi connectivity index (χ4n) is 4.21. The van der Waals surface area contributed by atoms with Gasteiger partial charge in [-0.1, -0.05) is 42.0 Å². The predicted molar refractivity (Wildman–Crippen MR) is 98.1 cm³/mol. The molecule has 112 valence electrons. The molecule has 0 radical (unpaired) electrons. The highest BCUT2D eigenvalue weighted by atomic mass is 14.7. The van der Waals surface area contributed by atoms with E-state index in [0.29, 0.717) is 0 Å². The number of aromatic nitrogens is 1. The zero-order valence-corrected chi connectivity index (χ0v) is 13.5. The SMILES string of the molecule is Cc1ccc2c3c(cc(C)c2c1)-c1[nH]c2ccccc2c1CC3. The lowest BCUT2D eigenvalue weighted by Crippen LogP contribution is -2.04. The normalized spacial score (nSPS) is 13.3. The Morgan fingerprint density at radius 2 is 1.61 bits per heavy atom. The van der Waals surface area contributed by atoms with Gasteiger partial charge in [0.15, 0.2) is 0 Å². The van der Waals surface area contributed by atoms with E-state index in [-0.39, 0.29) is 0 Å². The summed E-state index contributed by atoms with van der Waals surface area (Å²) in [7, 11) is 0. The lowest BCUT2D eigenvalue weighted by molar-refractivity contribution is 0.956. The average molecular weight is 297 g/mol. The number of benzene rings is 3. The minimum Gasteiger partial charge on any atom is -0.354 e. The van der Waals surface area contributed by atoms with Gasteiger partial charge in [-0.3, -0.25) is 0 Å². The lowest BCUT2D eigenvalue weighted by atomic mass is 9.84. The topological polar surface area (TPSA) is 15.8 Å². The predicted octanol–water partition coefficient (Wildman–Crippen LogP) is 5.70. The smallest absolute Gasteiger partial charge is 0.0500 e. The van der Waals surface area contributed by atoms with Crippen molar-refractivity contribution in [3.05, 3.63) is 70.8 Å². The summed E-state index contributed by atoms with van der Waals surface area (Å²) in [5.41, 5.74) is 9.68. The van der Waals surface area contributed by atoms with E-state index >= 15 is 0 Å². The van der Waals surface area contributed by atoms with Gasteiger partial charge < -0.3 is 4.98 Å². The van der Waals surface area contributed by atoms with E-state index in [9.17, 15) is 0 Å². The van der Waals surface area contributed by atoms with Crippen molar-refractivity contribution < 1.29 is 0 Å². The quantitative estimate of drug-likeness (QED) is 0.428. The Hall–Kier alpha value is -2.54. The molecule has 4 aromatic rings. The molecular formula is C22H19N. The lowest BCUT2D eigenvalue weighted by Gasteiger charge is -2.20. The van der Waals surface area contributed by atoms with Gasteiger partial charge in [-0.05, 0) is 66.3 Å². The van der Waals surface area contributed by atoms with Crippen LogP contribution in [0.25, 0.3) is 32.9 Å². The zero-order valence-electron chi connectivity index (χ0n) is 13.5. The standard InChI is InChI=1S/C22H19N/c1-13-7-8-15-16-9-10-18-17-5-3-4-6-21(17)23-22(18)20(16)12-14(2)19(15)11-13/h3-8,11-12,23H,9-10H2,1-2H3. The van der Waals surface area contributed by atoms with E-state index in [4.69, 9.17) is 0 Å². The molecule has 1 heterocycles. The van der Waals surface area contributed by atoms with Crippen LogP contribution in [-0.4, -0.2) is 4.98 Å². The van der Waals surface area contributed by atoms with Crippen LogP contribution in [0.15, 0.2) is 48.5 Å². The van der Waals surface area contributed by atoms with Gasteiger partial charge in [0, 0.05) is 16.5 Å². The number of aryl methyl sites for hydroxylation is 4. The second-order valence-electron chi connectivity index (χ2n) is 6.79. The van der Waals surface area contributed by atoms with Crippen molar-refractivity contribution in [1.82, 2.24) is 4.98 Å². The molecule has 0 bridgehead atoms. The summed E-state index contributed by atoms with van der Waals surface area (Å²) in [4.78, 5) is 3.68. The summed E-state index contributed by atoms with van der Waals surface area (Å²) < 4.78 is 0. The van der Waals surface area contributed by atoms with Gasteiger partial charge in [0.25, 0.3) is 0 Å². The molecule has 1 nitrogen and oxygen atoms in total. The molecule has 0 spiro atoms. The first-order chi connectivity index (χ1) is 11.2. The number of para-hydroxylation sites is 1. The van der Waals surface area contributed by atoms with Crippen molar-refractivity contribution in [2.24, 2.45) is 0 Å². The summed E-state index contributed by atoms with van der Waals surface area (Å²) in [6.07, 6.45) is 2.25. The van der Waals surface area contributed by atoms with Gasteiger partial charge in [-0.2, -0.15) is 0 Å². The van der Waals surface area contributed by atoms with E-state index < -0.39 is 0 Å². The van der Waals surface area contributed by atoms with Crippen molar-refractivity contribution in [3.63, 3.8) is 0 Å². The van der Waals surface area contributed by atoms with Crippen LogP contribution in [0.2, 0.25) is 0 Å². The maximum absolute atomic E-state index is 3.68. The van der Waals surface area contributed by atoms with Crippen LogP contribution >= 0.6 is 0 Å². The number of fused-ring (bicyclic) bond motifs is 7. The second-order valence-corrected chi connectivity index (χ2v) is 6.79. The third-order valence-corrected chi connectivity index (χ3v) is 5.32. The van der Waals surface area contributed by atoms with Gasteiger partial charge in [-0.25, -0.2) is 0 Å². The third kappa shape index (κ3) is 1.74. The molecule has 1 aliphatic carbocycles. The molecule has 0 amide bonds. The molecule has 0 atom stereocenters. The molecular weight excluding hydrogens is 278 g/mol. The Morgan fingerprint density at radius 1 is 0.783 bits per heavy atom. The molecule has 1 aromatic heterocycles. The van der Waals surface area contributed by atoms with Crippen LogP contribution < -0.4 is 0 Å². The van der Waals surface area contributed by atoms with Crippen LogP contribution in [0.4, 0.5) is 0 Å². The molecule has 1 aliphatic rings. The highest BCUT2D eigenvalue weighted by Gasteiger charge is 2.22. The molecule has 0 aliphatic heterocycles. The van der Waals surface area contributed by atoms with Crippen molar-refractivity contribution in [2.75, 3.05) is 0 Å². The summed E-state index contributed by atoms with van der Waals surface area (Å²) in [6.45, 7) is 4.41. The fraction of sp³-hybridized carbons (Fsp3) is 0.182. The minimum atomic E-state index is 1.12. The fourth-order valence-corrected chi connectivity index (χ4v) is 4.21. The first-order valence-corrected chi connectivity index (χ1v) is 8.35. The third-order valence-electron chi connectivity index (χ3n) is 5.32. The Morgan fingerprint density at radius 3 is 2.52 bits per heavy atom. The number of hydrogen-bond acceptors (Lipinski definition) is 0. The molecule has 0 unspecified atom stereocenters. The summed E-state index contributed by atoms with van der Waals surface area (Å²) in [6, 6.07) is 17.9. The van der Waals surface area contributed by atoms with Gasteiger partial charge in [0.1, 0.15) is 0 Å². The molecule has 1 heteroatoms. The van der Waals surface area contributed by atoms with Gasteiger partial charge in [0.05, 0.1) is 5.69 Å². The van der Waals surface area contributed by atoms with E-state index in [1.165, 1.54) is 55.2 Å². The van der Waals surface area contributed by atoms with E-state index in [1.807, 2.05) is 0 Å². The first kappa shape index (κ1) is 13.0. The zero-order chi connectivity index (χ0) is 15.6. The average Bonchev–Trinajstić information content (AvgIpc) is 2.94. The van der Waals surface area contributed by atoms with E-state index in [1.54, 1.807) is 0 Å². The van der Waals surface area contributed by atoms with Crippen molar-refractivity contribution in [2.45, 2.75) is 26.7 Å². The highest BCUT2D eigenvalue weighted by molar-refractivity contribution is 5.99. The summed E-state index contributed by atoms with van der Waals surface area (Å²) in [5, 5.41) is 4.22. The number of hydrogen-bond donors (Lipinski definition) is 1. The highest BCUT2D eigenvalue weighted by Crippen LogP contribution is 2.41. The van der Waals surface area contributed by atoms with Crippen LogP contribution in [0.3, 0.4) is 0 Å². The number of H-pyrrole nitrogens is 1. The van der Waals surface area contributed by atoms with Crippen LogP contribution in [0.5, 0.6) is 0 Å². The van der Waals surface area contributed by atoms with Crippen LogP contribution in [0.1, 0.15) is 22.3 Å². The molecule has 0 saturated carbocycles. The van der Waals surface area contributed by atoms with E-state index in [0.717, 1.165) is 12.8 Å². The van der Waals surface area contributed by atoms with Crippen molar-refractivity contribution in [3.8, 4) is 11.3 Å².